The molecule has 0 radical (unpaired) electrons. The van der Waals surface area contributed by atoms with Gasteiger partial charge in [0.05, 0.1) is 11.3 Å². The Hall–Kier alpha value is -3.60. The van der Waals surface area contributed by atoms with Crippen molar-refractivity contribution in [2.45, 2.75) is 0 Å². The molecule has 5 heteroatoms. The zero-order valence-electron chi connectivity index (χ0n) is 13.8. The number of carbonyl (C=O) groups is 1. The predicted molar refractivity (Wildman–Crippen MR) is 96.6 cm³/mol. The lowest BCUT2D eigenvalue weighted by Crippen LogP contribution is -2.06. The van der Waals surface area contributed by atoms with Crippen molar-refractivity contribution >= 4 is 11.4 Å². The Balaban J connectivity index is 1.75. The first kappa shape index (κ1) is 14.7. The number of imidazole rings is 1. The monoisotopic (exact) mass is 342 g/mol. The Bertz CT molecular complexity index is 1130. The smallest absolute Gasteiger partial charge is 0.231 e. The van der Waals surface area contributed by atoms with Crippen LogP contribution in [-0.4, -0.2) is 22.0 Å². The summed E-state index contributed by atoms with van der Waals surface area (Å²) in [5, 5.41) is 0. The minimum absolute atomic E-state index is 0.121. The maximum absolute atomic E-state index is 13.4. The first-order valence-electron chi connectivity index (χ1n) is 8.29. The van der Waals surface area contributed by atoms with Crippen LogP contribution in [0.4, 0.5) is 0 Å². The Morgan fingerprint density at radius 2 is 1.77 bits per heavy atom. The molecule has 0 saturated heterocycles. The second-order valence-electron chi connectivity index (χ2n) is 5.97. The number of benzene rings is 2. The van der Waals surface area contributed by atoms with Crippen molar-refractivity contribution in [3.05, 3.63) is 84.2 Å². The molecule has 2 aromatic heterocycles. The van der Waals surface area contributed by atoms with E-state index >= 15 is 0 Å². The molecule has 1 aliphatic heterocycles. The third kappa shape index (κ3) is 2.18. The fraction of sp³-hybridized carbons (Fsp3) is 0.0476. The average Bonchev–Trinajstić information content (AvgIpc) is 3.32. The highest BCUT2D eigenvalue weighted by molar-refractivity contribution is 6.13. The van der Waals surface area contributed by atoms with E-state index in [4.69, 9.17) is 9.47 Å². The molecule has 126 valence electrons. The maximum atomic E-state index is 13.4. The number of para-hydroxylation sites is 1. The summed E-state index contributed by atoms with van der Waals surface area (Å²) in [5.41, 5.74) is 3.27. The summed E-state index contributed by atoms with van der Waals surface area (Å²) in [5.74, 6) is 0.879. The second-order valence-corrected chi connectivity index (χ2v) is 5.97. The molecule has 0 spiro atoms. The highest BCUT2D eigenvalue weighted by atomic mass is 16.7. The number of aromatic nitrogens is 2. The Labute approximate surface area is 149 Å². The molecule has 0 amide bonds. The number of ether oxygens (including phenoxy) is 2. The summed E-state index contributed by atoms with van der Waals surface area (Å²) in [6.45, 7) is 0.121. The van der Waals surface area contributed by atoms with Gasteiger partial charge in [0.2, 0.25) is 12.6 Å². The molecule has 4 aromatic rings. The molecule has 2 aromatic carbocycles. The van der Waals surface area contributed by atoms with Crippen LogP contribution in [0, 0.1) is 0 Å². The highest BCUT2D eigenvalue weighted by Crippen LogP contribution is 2.37. The van der Waals surface area contributed by atoms with Gasteiger partial charge in [-0.25, -0.2) is 4.98 Å². The van der Waals surface area contributed by atoms with Crippen LogP contribution in [0.3, 0.4) is 0 Å². The molecule has 5 rings (SSSR count). The van der Waals surface area contributed by atoms with Crippen LogP contribution in [0.1, 0.15) is 16.1 Å². The van der Waals surface area contributed by atoms with Crippen LogP contribution < -0.4 is 9.47 Å². The molecule has 0 N–H and O–H groups in total. The molecule has 5 nitrogen and oxygen atoms in total. The molecule has 0 bridgehead atoms. The van der Waals surface area contributed by atoms with Gasteiger partial charge in [0, 0.05) is 11.8 Å². The molecule has 0 unspecified atom stereocenters. The number of ketones is 1. The second kappa shape index (κ2) is 5.74. The summed E-state index contributed by atoms with van der Waals surface area (Å²) < 4.78 is 12.8. The van der Waals surface area contributed by atoms with Gasteiger partial charge in [0.15, 0.2) is 11.5 Å². The van der Waals surface area contributed by atoms with Crippen molar-refractivity contribution in [2.75, 3.05) is 6.79 Å². The van der Waals surface area contributed by atoms with Crippen molar-refractivity contribution in [3.8, 4) is 22.8 Å². The van der Waals surface area contributed by atoms with Crippen molar-refractivity contribution in [1.29, 1.82) is 0 Å². The van der Waals surface area contributed by atoms with E-state index in [0.717, 1.165) is 16.9 Å². The minimum Gasteiger partial charge on any atom is -0.454 e. The molecule has 0 fully saturated rings. The summed E-state index contributed by atoms with van der Waals surface area (Å²) in [4.78, 5) is 18.0. The van der Waals surface area contributed by atoms with Crippen LogP contribution in [0.5, 0.6) is 11.5 Å². The van der Waals surface area contributed by atoms with E-state index < -0.39 is 0 Å². The summed E-state index contributed by atoms with van der Waals surface area (Å²) >= 11 is 0. The van der Waals surface area contributed by atoms with Crippen LogP contribution in [0.15, 0.2) is 72.9 Å². The minimum atomic E-state index is -0.185. The predicted octanol–water partition coefficient (Wildman–Crippen LogP) is 3.96. The summed E-state index contributed by atoms with van der Waals surface area (Å²) in [6.07, 6.45) is 1.91. The normalized spacial score (nSPS) is 12.5. The van der Waals surface area contributed by atoms with Gasteiger partial charge in [-0.1, -0.05) is 42.5 Å². The Kier molecular flexibility index (Phi) is 3.25. The van der Waals surface area contributed by atoms with Crippen LogP contribution >= 0.6 is 0 Å². The number of hydrogen-bond acceptors (Lipinski definition) is 4. The van der Waals surface area contributed by atoms with Gasteiger partial charge in [-0.15, -0.1) is 0 Å². The fourth-order valence-corrected chi connectivity index (χ4v) is 3.26. The molecule has 1 aliphatic rings. The molecule has 0 saturated carbocycles. The van der Waals surface area contributed by atoms with Gasteiger partial charge >= 0.3 is 0 Å². The maximum Gasteiger partial charge on any atom is 0.231 e. The van der Waals surface area contributed by atoms with Crippen LogP contribution in [0.25, 0.3) is 16.9 Å². The van der Waals surface area contributed by atoms with Gasteiger partial charge < -0.3 is 9.47 Å². The summed E-state index contributed by atoms with van der Waals surface area (Å²) in [6, 6.07) is 20.8. The highest BCUT2D eigenvalue weighted by Gasteiger charge is 2.27. The Morgan fingerprint density at radius 3 is 2.65 bits per heavy atom. The van der Waals surface area contributed by atoms with Crippen molar-refractivity contribution < 1.29 is 14.3 Å². The molecule has 26 heavy (non-hydrogen) atoms. The van der Waals surface area contributed by atoms with Crippen molar-refractivity contribution in [3.63, 3.8) is 0 Å². The number of carbonyl (C=O) groups excluding carboxylic acids is 1. The summed E-state index contributed by atoms with van der Waals surface area (Å²) in [7, 11) is 0. The van der Waals surface area contributed by atoms with E-state index in [9.17, 15) is 4.79 Å². The number of nitrogens with zero attached hydrogens (tertiary/aromatic N) is 2. The van der Waals surface area contributed by atoms with Gasteiger partial charge in [-0.05, 0) is 24.3 Å². The zero-order chi connectivity index (χ0) is 17.5. The molecular weight excluding hydrogens is 328 g/mol. The number of rotatable bonds is 3. The number of hydrogen-bond donors (Lipinski definition) is 0. The lowest BCUT2D eigenvalue weighted by molar-refractivity contribution is 0.103. The standard InChI is InChI=1S/C21H14N2O3/c24-20(15-9-6-10-16-21(15)26-13-25-16)18-19(14-7-2-1-3-8-14)23-12-5-4-11-17(23)22-18/h1-12H,13H2. The van der Waals surface area contributed by atoms with Crippen molar-refractivity contribution in [2.24, 2.45) is 0 Å². The molecule has 3 heterocycles. The molecule has 0 atom stereocenters. The zero-order valence-corrected chi connectivity index (χ0v) is 13.8. The van der Waals surface area contributed by atoms with E-state index in [1.165, 1.54) is 0 Å². The van der Waals surface area contributed by atoms with Crippen LogP contribution in [-0.2, 0) is 0 Å². The van der Waals surface area contributed by atoms with E-state index in [2.05, 4.69) is 4.98 Å². The lowest BCUT2D eigenvalue weighted by atomic mass is 10.0. The molecular formula is C21H14N2O3. The number of pyridine rings is 1. The SMILES string of the molecule is O=C(c1cccc2c1OCO2)c1nc2ccccn2c1-c1ccccc1. The number of fused-ring (bicyclic) bond motifs is 2. The van der Waals surface area contributed by atoms with E-state index in [-0.39, 0.29) is 12.6 Å². The third-order valence-electron chi connectivity index (χ3n) is 4.43. The van der Waals surface area contributed by atoms with Gasteiger partial charge in [0.25, 0.3) is 0 Å². The van der Waals surface area contributed by atoms with E-state index in [0.29, 0.717) is 22.8 Å². The van der Waals surface area contributed by atoms with E-state index in [1.54, 1.807) is 18.2 Å². The third-order valence-corrected chi connectivity index (χ3v) is 4.43. The topological polar surface area (TPSA) is 52.8 Å². The lowest BCUT2D eigenvalue weighted by Gasteiger charge is -2.07. The fourth-order valence-electron chi connectivity index (χ4n) is 3.26. The van der Waals surface area contributed by atoms with Gasteiger partial charge in [0.1, 0.15) is 11.3 Å². The molecule has 0 aliphatic carbocycles. The van der Waals surface area contributed by atoms with Gasteiger partial charge in [-0.3, -0.25) is 9.20 Å². The van der Waals surface area contributed by atoms with Crippen molar-refractivity contribution in [1.82, 2.24) is 9.38 Å². The largest absolute Gasteiger partial charge is 0.454 e. The first-order chi connectivity index (χ1) is 12.8. The first-order valence-corrected chi connectivity index (χ1v) is 8.29. The Morgan fingerprint density at radius 1 is 0.923 bits per heavy atom. The quantitative estimate of drug-likeness (QED) is 0.529. The van der Waals surface area contributed by atoms with E-state index in [1.807, 2.05) is 59.1 Å². The average molecular weight is 342 g/mol. The van der Waals surface area contributed by atoms with Crippen LogP contribution in [0.2, 0.25) is 0 Å². The van der Waals surface area contributed by atoms with Gasteiger partial charge in [-0.2, -0.15) is 0 Å².